The number of benzene rings is 2. The van der Waals surface area contributed by atoms with E-state index in [4.69, 9.17) is 11.6 Å². The minimum absolute atomic E-state index is 0.114. The SMILES string of the molecule is [O-][S+](c1ncc2c(-c3ccccc3Cl)n[nH]c2n1)c1ccc(F)cc1F. The van der Waals surface area contributed by atoms with Crippen LogP contribution in [-0.2, 0) is 11.2 Å². The Morgan fingerprint density at radius 1 is 1.12 bits per heavy atom. The average Bonchev–Trinajstić information content (AvgIpc) is 3.04. The zero-order valence-electron chi connectivity index (χ0n) is 12.9. The van der Waals surface area contributed by atoms with Gasteiger partial charge in [0.1, 0.15) is 11.5 Å². The zero-order valence-corrected chi connectivity index (χ0v) is 14.5. The van der Waals surface area contributed by atoms with Gasteiger partial charge >= 0.3 is 5.16 Å². The third kappa shape index (κ3) is 2.92. The van der Waals surface area contributed by atoms with Gasteiger partial charge in [-0.15, -0.1) is 0 Å². The smallest absolute Gasteiger partial charge is 0.350 e. The predicted octanol–water partition coefficient (Wildman–Crippen LogP) is 4.12. The van der Waals surface area contributed by atoms with Gasteiger partial charge in [-0.05, 0) is 18.2 Å². The van der Waals surface area contributed by atoms with Crippen LogP contribution in [0.5, 0.6) is 0 Å². The van der Waals surface area contributed by atoms with Gasteiger partial charge in [0.05, 0.1) is 21.6 Å². The van der Waals surface area contributed by atoms with Crippen LogP contribution in [0, 0.1) is 11.6 Å². The molecule has 0 amide bonds. The van der Waals surface area contributed by atoms with E-state index in [1.54, 1.807) is 18.2 Å². The standard InChI is InChI=1S/C17H9ClF2N4OS/c18-12-4-2-1-3-10(12)15-11-8-21-17(22-16(11)24-23-15)26(25)14-6-5-9(19)7-13(14)20/h1-8H,(H,21,22,23,24). The van der Waals surface area contributed by atoms with Crippen molar-refractivity contribution >= 4 is 33.8 Å². The van der Waals surface area contributed by atoms with Crippen molar-refractivity contribution in [3.8, 4) is 11.3 Å². The Kier molecular flexibility index (Phi) is 4.31. The molecule has 0 saturated heterocycles. The van der Waals surface area contributed by atoms with Crippen molar-refractivity contribution < 1.29 is 13.3 Å². The monoisotopic (exact) mass is 390 g/mol. The molecule has 26 heavy (non-hydrogen) atoms. The van der Waals surface area contributed by atoms with Crippen LogP contribution in [0.15, 0.2) is 58.7 Å². The highest BCUT2D eigenvalue weighted by atomic mass is 35.5. The van der Waals surface area contributed by atoms with Crippen molar-refractivity contribution in [2.24, 2.45) is 0 Å². The molecule has 130 valence electrons. The number of fused-ring (bicyclic) bond motifs is 1. The van der Waals surface area contributed by atoms with Crippen molar-refractivity contribution in [3.63, 3.8) is 0 Å². The average molecular weight is 391 g/mol. The second-order valence-corrected chi connectivity index (χ2v) is 7.06. The van der Waals surface area contributed by atoms with Crippen molar-refractivity contribution in [3.05, 3.63) is 65.3 Å². The molecule has 0 saturated carbocycles. The van der Waals surface area contributed by atoms with Gasteiger partial charge in [-0.2, -0.15) is 15.1 Å². The third-order valence-electron chi connectivity index (χ3n) is 3.68. The summed E-state index contributed by atoms with van der Waals surface area (Å²) in [5.41, 5.74) is 1.58. The van der Waals surface area contributed by atoms with Gasteiger partial charge in [0.2, 0.25) is 0 Å². The van der Waals surface area contributed by atoms with Gasteiger partial charge in [0.15, 0.2) is 16.4 Å². The Morgan fingerprint density at radius 2 is 1.92 bits per heavy atom. The van der Waals surface area contributed by atoms with E-state index in [9.17, 15) is 13.3 Å². The molecular formula is C17H9ClF2N4OS. The quantitative estimate of drug-likeness (QED) is 0.421. The molecule has 2 aromatic carbocycles. The van der Waals surface area contributed by atoms with E-state index in [0.717, 1.165) is 12.1 Å². The molecule has 0 bridgehead atoms. The largest absolute Gasteiger partial charge is 0.604 e. The van der Waals surface area contributed by atoms with E-state index >= 15 is 0 Å². The van der Waals surface area contributed by atoms with Crippen molar-refractivity contribution in [1.82, 2.24) is 20.2 Å². The van der Waals surface area contributed by atoms with Gasteiger partial charge in [-0.25, -0.2) is 8.78 Å². The second kappa shape index (κ2) is 6.64. The molecule has 0 spiro atoms. The van der Waals surface area contributed by atoms with Crippen LogP contribution in [0.4, 0.5) is 8.78 Å². The fraction of sp³-hybridized carbons (Fsp3) is 0. The fourth-order valence-electron chi connectivity index (χ4n) is 2.47. The highest BCUT2D eigenvalue weighted by Gasteiger charge is 2.25. The lowest BCUT2D eigenvalue weighted by Crippen LogP contribution is -2.09. The highest BCUT2D eigenvalue weighted by molar-refractivity contribution is 7.91. The Bertz CT molecular complexity index is 1120. The first-order valence-electron chi connectivity index (χ1n) is 7.37. The van der Waals surface area contributed by atoms with Gasteiger partial charge < -0.3 is 4.55 Å². The Hall–Kier alpha value is -2.55. The summed E-state index contributed by atoms with van der Waals surface area (Å²) >= 11 is 4.19. The summed E-state index contributed by atoms with van der Waals surface area (Å²) in [5.74, 6) is -1.68. The lowest BCUT2D eigenvalue weighted by Gasteiger charge is -2.08. The molecule has 0 aliphatic rings. The molecule has 0 radical (unpaired) electrons. The summed E-state index contributed by atoms with van der Waals surface area (Å²) in [5, 5.41) is 7.91. The van der Waals surface area contributed by atoms with E-state index in [-0.39, 0.29) is 10.1 Å². The van der Waals surface area contributed by atoms with Crippen molar-refractivity contribution in [1.29, 1.82) is 0 Å². The maximum absolute atomic E-state index is 13.8. The molecule has 0 fully saturated rings. The molecule has 4 rings (SSSR count). The minimum Gasteiger partial charge on any atom is -0.604 e. The molecule has 1 N–H and O–H groups in total. The molecule has 2 aromatic heterocycles. The molecule has 2 heterocycles. The number of hydrogen-bond donors (Lipinski definition) is 1. The summed E-state index contributed by atoms with van der Waals surface area (Å²) in [4.78, 5) is 8.02. The first-order chi connectivity index (χ1) is 12.5. The first-order valence-corrected chi connectivity index (χ1v) is 8.90. The number of halogens is 3. The normalized spacial score (nSPS) is 12.5. The van der Waals surface area contributed by atoms with Crippen LogP contribution in [0.25, 0.3) is 22.3 Å². The highest BCUT2D eigenvalue weighted by Crippen LogP contribution is 2.31. The van der Waals surface area contributed by atoms with E-state index in [1.165, 1.54) is 6.20 Å². The zero-order chi connectivity index (χ0) is 18.3. The van der Waals surface area contributed by atoms with E-state index in [0.29, 0.717) is 33.4 Å². The summed E-state index contributed by atoms with van der Waals surface area (Å²) in [6.07, 6.45) is 1.44. The summed E-state index contributed by atoms with van der Waals surface area (Å²) in [6, 6.07) is 9.96. The molecule has 4 aromatic rings. The van der Waals surface area contributed by atoms with E-state index in [1.807, 2.05) is 6.07 Å². The molecule has 0 aliphatic heterocycles. The number of nitrogens with one attached hydrogen (secondary N) is 1. The first kappa shape index (κ1) is 16.9. The molecule has 5 nitrogen and oxygen atoms in total. The van der Waals surface area contributed by atoms with Crippen LogP contribution in [-0.4, -0.2) is 24.7 Å². The van der Waals surface area contributed by atoms with Crippen LogP contribution in [0.2, 0.25) is 5.02 Å². The van der Waals surface area contributed by atoms with Crippen LogP contribution in [0.3, 0.4) is 0 Å². The minimum atomic E-state index is -2.00. The Balaban J connectivity index is 1.76. The summed E-state index contributed by atoms with van der Waals surface area (Å²) in [7, 11) is 0. The number of nitrogens with zero attached hydrogens (tertiary/aromatic N) is 3. The topological polar surface area (TPSA) is 77.5 Å². The third-order valence-corrected chi connectivity index (χ3v) is 5.27. The van der Waals surface area contributed by atoms with Crippen LogP contribution >= 0.6 is 11.6 Å². The second-order valence-electron chi connectivity index (χ2n) is 5.31. The molecular weight excluding hydrogens is 382 g/mol. The number of H-pyrrole nitrogens is 1. The maximum atomic E-state index is 13.8. The van der Waals surface area contributed by atoms with Crippen molar-refractivity contribution in [2.75, 3.05) is 0 Å². The maximum Gasteiger partial charge on any atom is 0.350 e. The number of aromatic amines is 1. The van der Waals surface area contributed by atoms with Crippen molar-refractivity contribution in [2.45, 2.75) is 10.1 Å². The lowest BCUT2D eigenvalue weighted by molar-refractivity contribution is 0.545. The van der Waals surface area contributed by atoms with Gasteiger partial charge in [-0.1, -0.05) is 29.8 Å². The Morgan fingerprint density at radius 3 is 2.69 bits per heavy atom. The molecule has 0 aliphatic carbocycles. The van der Waals surface area contributed by atoms with Gasteiger partial charge in [0.25, 0.3) is 0 Å². The lowest BCUT2D eigenvalue weighted by atomic mass is 10.1. The fourth-order valence-corrected chi connectivity index (χ4v) is 3.64. The number of aromatic nitrogens is 4. The molecule has 9 heteroatoms. The van der Waals surface area contributed by atoms with Crippen LogP contribution < -0.4 is 0 Å². The number of rotatable bonds is 3. The summed E-state index contributed by atoms with van der Waals surface area (Å²) < 4.78 is 39.4. The predicted molar refractivity (Wildman–Crippen MR) is 93.2 cm³/mol. The molecule has 1 atom stereocenters. The van der Waals surface area contributed by atoms with Crippen LogP contribution in [0.1, 0.15) is 0 Å². The Labute approximate surface area is 154 Å². The summed E-state index contributed by atoms with van der Waals surface area (Å²) in [6.45, 7) is 0. The van der Waals surface area contributed by atoms with Gasteiger partial charge in [-0.3, -0.25) is 5.10 Å². The number of hydrogen-bond acceptors (Lipinski definition) is 4. The van der Waals surface area contributed by atoms with Gasteiger partial charge in [0, 0.05) is 17.8 Å². The van der Waals surface area contributed by atoms with E-state index in [2.05, 4.69) is 20.2 Å². The molecule has 1 unspecified atom stereocenters. The van der Waals surface area contributed by atoms with E-state index < -0.39 is 22.8 Å².